The zero-order valence-electron chi connectivity index (χ0n) is 10.9. The summed E-state index contributed by atoms with van der Waals surface area (Å²) in [5.41, 5.74) is -7.65. The fraction of sp³-hybridized carbons (Fsp3) is 0.143. The summed E-state index contributed by atoms with van der Waals surface area (Å²) in [6.45, 7) is -1.57. The number of nitrogens with zero attached hydrogens (tertiary/aromatic N) is 5. The van der Waals surface area contributed by atoms with E-state index in [1.165, 1.54) is 0 Å². The van der Waals surface area contributed by atoms with Crippen molar-refractivity contribution in [2.75, 3.05) is 6.73 Å². The summed E-state index contributed by atoms with van der Waals surface area (Å²) >= 11 is 0. The Morgan fingerprint density at radius 1 is 0.708 bits per heavy atom. The summed E-state index contributed by atoms with van der Waals surface area (Å²) in [4.78, 5) is 46.0. The normalized spacial score (nSPS) is 10.0. The van der Waals surface area contributed by atoms with Gasteiger partial charge >= 0.3 is 29.5 Å². The topological polar surface area (TPSA) is 245 Å². The fourth-order valence-electron chi connectivity index (χ4n) is 1.61. The number of hydrogen-bond donors (Lipinski definition) is 1. The lowest BCUT2D eigenvalue weighted by Gasteiger charge is -2.06. The van der Waals surface area contributed by atoms with Crippen LogP contribution in [0.15, 0.2) is 0 Å². The van der Waals surface area contributed by atoms with Crippen molar-refractivity contribution in [2.45, 2.75) is 0 Å². The Bertz CT molecular complexity index is 787. The Morgan fingerprint density at radius 2 is 1.08 bits per heavy atom. The molecular weight excluding hydrogens is 346 g/mol. The van der Waals surface area contributed by atoms with E-state index in [0.29, 0.717) is 0 Å². The maximum absolute atomic E-state index is 10.9. The lowest BCUT2D eigenvalue weighted by atomic mass is 10.1. The number of nitro benzene ring substituents is 4. The number of aromatic hydroxyl groups is 1. The first-order chi connectivity index (χ1) is 11.0. The largest absolute Gasteiger partial charge is 0.499 e. The first-order valence-corrected chi connectivity index (χ1v) is 5.25. The van der Waals surface area contributed by atoms with Crippen molar-refractivity contribution >= 4 is 22.7 Å². The molecule has 0 saturated heterocycles. The first kappa shape index (κ1) is 17.9. The molecule has 17 nitrogen and oxygen atoms in total. The molecule has 0 heterocycles. The number of ether oxygens (including phenoxy) is 1. The van der Waals surface area contributed by atoms with Crippen LogP contribution in [0.3, 0.4) is 0 Å². The summed E-state index contributed by atoms with van der Waals surface area (Å²) in [7, 11) is 0. The highest BCUT2D eigenvalue weighted by Gasteiger charge is 2.51. The first-order valence-electron chi connectivity index (χ1n) is 5.25. The van der Waals surface area contributed by atoms with E-state index in [1.807, 2.05) is 0 Å². The van der Waals surface area contributed by atoms with Crippen LogP contribution in [-0.2, 0) is 0 Å². The van der Waals surface area contributed by atoms with Gasteiger partial charge in [0.25, 0.3) is 11.5 Å². The van der Waals surface area contributed by atoms with Crippen LogP contribution >= 0.6 is 0 Å². The second-order valence-corrected chi connectivity index (χ2v) is 3.71. The van der Waals surface area contributed by atoms with Crippen molar-refractivity contribution in [3.63, 3.8) is 0 Å². The molecule has 24 heavy (non-hydrogen) atoms. The molecule has 128 valence electrons. The fourth-order valence-corrected chi connectivity index (χ4v) is 1.61. The van der Waals surface area contributed by atoms with Crippen LogP contribution in [0, 0.1) is 50.6 Å². The highest BCUT2D eigenvalue weighted by Crippen LogP contribution is 2.55. The van der Waals surface area contributed by atoms with Crippen molar-refractivity contribution in [3.8, 4) is 11.5 Å². The Morgan fingerprint density at radius 3 is 1.42 bits per heavy atom. The van der Waals surface area contributed by atoms with E-state index in [2.05, 4.69) is 4.74 Å². The molecule has 0 radical (unpaired) electrons. The molecule has 1 aromatic rings. The van der Waals surface area contributed by atoms with Crippen molar-refractivity contribution in [2.24, 2.45) is 0 Å². The van der Waals surface area contributed by atoms with Gasteiger partial charge in [0.05, 0.1) is 24.6 Å². The molecule has 0 aromatic heterocycles. The molecule has 0 aliphatic carbocycles. The van der Waals surface area contributed by atoms with Gasteiger partial charge in [0.2, 0.25) is 0 Å². The number of rotatable bonds is 7. The van der Waals surface area contributed by atoms with Gasteiger partial charge in [-0.2, -0.15) is 0 Å². The maximum Gasteiger partial charge on any atom is 0.434 e. The highest BCUT2D eigenvalue weighted by atomic mass is 16.7. The van der Waals surface area contributed by atoms with Gasteiger partial charge < -0.3 is 9.84 Å². The van der Waals surface area contributed by atoms with Crippen LogP contribution in [0.25, 0.3) is 0 Å². The van der Waals surface area contributed by atoms with E-state index in [0.717, 1.165) is 0 Å². The van der Waals surface area contributed by atoms with Crippen molar-refractivity contribution < 1.29 is 34.5 Å². The Labute approximate surface area is 127 Å². The SMILES string of the molecule is O=[N+]([O-])COc1c(O)c([N+](=O)[O-])c([N+](=O)[O-])c([N+](=O)[O-])c1[N+](=O)[O-]. The zero-order chi connectivity index (χ0) is 18.8. The molecule has 0 bridgehead atoms. The molecule has 1 N–H and O–H groups in total. The van der Waals surface area contributed by atoms with Gasteiger partial charge in [-0.25, -0.2) is 0 Å². The minimum atomic E-state index is -1.97. The van der Waals surface area contributed by atoms with Crippen LogP contribution in [0.5, 0.6) is 11.5 Å². The van der Waals surface area contributed by atoms with Crippen molar-refractivity contribution in [1.82, 2.24) is 0 Å². The van der Waals surface area contributed by atoms with Crippen molar-refractivity contribution in [1.29, 1.82) is 0 Å². The van der Waals surface area contributed by atoms with E-state index in [-0.39, 0.29) is 0 Å². The number of nitro groups is 5. The summed E-state index contributed by atoms with van der Waals surface area (Å²) in [6, 6.07) is 0. The number of phenols is 1. The van der Waals surface area contributed by atoms with Crippen molar-refractivity contribution in [3.05, 3.63) is 50.6 Å². The predicted octanol–water partition coefficient (Wildman–Crippen LogP) is 0.638. The second-order valence-electron chi connectivity index (χ2n) is 3.71. The van der Waals surface area contributed by atoms with Crippen LogP contribution in [-0.4, -0.2) is 36.5 Å². The van der Waals surface area contributed by atoms with Gasteiger partial charge in [0.1, 0.15) is 0 Å². The third kappa shape index (κ3) is 3.03. The van der Waals surface area contributed by atoms with E-state index >= 15 is 0 Å². The van der Waals surface area contributed by atoms with E-state index in [1.54, 1.807) is 0 Å². The summed E-state index contributed by atoms with van der Waals surface area (Å²) in [6.07, 6.45) is 0. The molecule has 1 rings (SSSR count). The van der Waals surface area contributed by atoms with Crippen LogP contribution in [0.1, 0.15) is 0 Å². The van der Waals surface area contributed by atoms with Gasteiger partial charge in [0, 0.05) is 0 Å². The lowest BCUT2D eigenvalue weighted by Crippen LogP contribution is -2.12. The molecule has 0 unspecified atom stereocenters. The van der Waals surface area contributed by atoms with Gasteiger partial charge in [-0.15, -0.1) is 0 Å². The van der Waals surface area contributed by atoms with Crippen LogP contribution in [0.4, 0.5) is 22.7 Å². The third-order valence-corrected chi connectivity index (χ3v) is 2.37. The predicted molar refractivity (Wildman–Crippen MR) is 67.2 cm³/mol. The van der Waals surface area contributed by atoms with Gasteiger partial charge in [-0.3, -0.25) is 50.6 Å². The molecule has 0 spiro atoms. The molecule has 0 amide bonds. The molecular formula is C7H3N5O12. The van der Waals surface area contributed by atoms with Gasteiger partial charge in [-0.1, -0.05) is 0 Å². The molecule has 0 fully saturated rings. The highest BCUT2D eigenvalue weighted by molar-refractivity contribution is 5.85. The third-order valence-electron chi connectivity index (χ3n) is 2.37. The lowest BCUT2D eigenvalue weighted by molar-refractivity contribution is -0.515. The van der Waals surface area contributed by atoms with Crippen LogP contribution < -0.4 is 4.74 Å². The smallest absolute Gasteiger partial charge is 0.434 e. The Kier molecular flexibility index (Phi) is 4.68. The van der Waals surface area contributed by atoms with E-state index in [9.17, 15) is 55.7 Å². The zero-order valence-corrected chi connectivity index (χ0v) is 10.9. The number of benzene rings is 1. The summed E-state index contributed by atoms with van der Waals surface area (Å²) < 4.78 is 4.18. The van der Waals surface area contributed by atoms with Gasteiger partial charge in [0.15, 0.2) is 0 Å². The molecule has 1 aromatic carbocycles. The Balaban J connectivity index is 4.05. The summed E-state index contributed by atoms with van der Waals surface area (Å²) in [5, 5.41) is 63.4. The van der Waals surface area contributed by atoms with Gasteiger partial charge in [-0.05, 0) is 0 Å². The minimum Gasteiger partial charge on any atom is -0.499 e. The molecule has 0 atom stereocenters. The standard InChI is InChI=1S/C7H3N5O12/c13-6-4(11(20)21)2(9(16)17)3(10(18)19)5(12(22)23)7(6)24-1-8(14)15/h13H,1H2. The number of hydrogen-bond acceptors (Lipinski definition) is 12. The average Bonchev–Trinajstić information content (AvgIpc) is 2.42. The minimum absolute atomic E-state index is 1.22. The average molecular weight is 349 g/mol. The van der Waals surface area contributed by atoms with E-state index < -0.39 is 65.6 Å². The second kappa shape index (κ2) is 6.29. The molecule has 0 aliphatic rings. The van der Waals surface area contributed by atoms with E-state index in [4.69, 9.17) is 0 Å². The quantitative estimate of drug-likeness (QED) is 0.404. The monoisotopic (exact) mass is 349 g/mol. The number of phenolic OH excluding ortho intramolecular Hbond substituents is 1. The summed E-state index contributed by atoms with van der Waals surface area (Å²) in [5.74, 6) is -3.44. The molecule has 0 aliphatic heterocycles. The molecule has 17 heteroatoms. The Hall–Kier alpha value is -4.18. The van der Waals surface area contributed by atoms with Crippen LogP contribution in [0.2, 0.25) is 0 Å². The molecule has 0 saturated carbocycles. The maximum atomic E-state index is 10.9.